The molecule has 3 aromatic heterocycles. The smallest absolute Gasteiger partial charge is 0.435 e. The maximum atomic E-state index is 13.1. The lowest BCUT2D eigenvalue weighted by atomic mass is 10.3. The fourth-order valence-corrected chi connectivity index (χ4v) is 2.20. The first-order valence-corrected chi connectivity index (χ1v) is 5.89. The van der Waals surface area contributed by atoms with E-state index >= 15 is 0 Å². The molecule has 3 rings (SSSR count). The van der Waals surface area contributed by atoms with Gasteiger partial charge in [-0.2, -0.15) is 18.2 Å². The number of hydrogen-bond acceptors (Lipinski definition) is 5. The molecule has 9 heteroatoms. The largest absolute Gasteiger partial charge is 0.481 e. The summed E-state index contributed by atoms with van der Waals surface area (Å²) in [4.78, 5) is 11.7. The summed E-state index contributed by atoms with van der Waals surface area (Å²) in [7, 11) is 1.41. The third-order valence-corrected chi connectivity index (χ3v) is 3.05. The van der Waals surface area contributed by atoms with Crippen LogP contribution in [-0.2, 0) is 6.18 Å². The summed E-state index contributed by atoms with van der Waals surface area (Å²) in [6, 6.07) is 3.13. The first kappa shape index (κ1) is 13.4. The van der Waals surface area contributed by atoms with Crippen LogP contribution in [0.25, 0.3) is 16.7 Å². The zero-order valence-electron chi connectivity index (χ0n) is 11.1. The summed E-state index contributed by atoms with van der Waals surface area (Å²) in [6.45, 7) is 1.45. The fourth-order valence-electron chi connectivity index (χ4n) is 2.20. The minimum atomic E-state index is -4.62. The molecule has 0 unspecified atom stereocenters. The Hall–Kier alpha value is -2.58. The molecule has 0 aromatic carbocycles. The lowest BCUT2D eigenvalue weighted by Gasteiger charge is -2.08. The fraction of sp³-hybridized carbons (Fsp3) is 0.250. The van der Waals surface area contributed by atoms with E-state index in [4.69, 9.17) is 10.5 Å². The molecule has 0 aliphatic rings. The van der Waals surface area contributed by atoms with Crippen LogP contribution in [-0.4, -0.2) is 26.5 Å². The molecule has 21 heavy (non-hydrogen) atoms. The number of aromatic nitrogens is 4. The van der Waals surface area contributed by atoms with Crippen molar-refractivity contribution in [3.63, 3.8) is 0 Å². The van der Waals surface area contributed by atoms with Gasteiger partial charge in [-0.3, -0.25) is 4.40 Å². The van der Waals surface area contributed by atoms with E-state index in [1.165, 1.54) is 18.4 Å². The van der Waals surface area contributed by atoms with E-state index in [1.54, 1.807) is 12.1 Å². The summed E-state index contributed by atoms with van der Waals surface area (Å²) in [5, 5.41) is 0. The van der Waals surface area contributed by atoms with Crippen molar-refractivity contribution < 1.29 is 17.9 Å². The molecule has 6 nitrogen and oxygen atoms in total. The molecule has 3 heterocycles. The van der Waals surface area contributed by atoms with Crippen molar-refractivity contribution in [1.82, 2.24) is 19.4 Å². The van der Waals surface area contributed by atoms with Crippen LogP contribution in [0.3, 0.4) is 0 Å². The number of nitrogen functional groups attached to an aromatic ring is 1. The molecule has 0 aliphatic carbocycles. The molecule has 0 aliphatic heterocycles. The van der Waals surface area contributed by atoms with Gasteiger partial charge in [-0.15, -0.1) is 0 Å². The molecule has 0 saturated heterocycles. The molecular formula is C12H10F3N5O. The van der Waals surface area contributed by atoms with Gasteiger partial charge in [0, 0.05) is 6.07 Å². The number of nitrogens with two attached hydrogens (primary N) is 1. The number of fused-ring (bicyclic) bond motifs is 3. The Morgan fingerprint density at radius 1 is 1.19 bits per heavy atom. The van der Waals surface area contributed by atoms with Crippen LogP contribution in [0.4, 0.5) is 19.0 Å². The topological polar surface area (TPSA) is 78.3 Å². The van der Waals surface area contributed by atoms with E-state index in [-0.39, 0.29) is 28.7 Å². The lowest BCUT2D eigenvalue weighted by molar-refractivity contribution is -0.139. The minimum Gasteiger partial charge on any atom is -0.481 e. The Balaban J connectivity index is 2.52. The van der Waals surface area contributed by atoms with Gasteiger partial charge in [-0.05, 0) is 13.0 Å². The monoisotopic (exact) mass is 297 g/mol. The average Bonchev–Trinajstić information content (AvgIpc) is 2.77. The zero-order chi connectivity index (χ0) is 15.4. The quantitative estimate of drug-likeness (QED) is 0.745. The molecule has 0 bridgehead atoms. The first-order valence-electron chi connectivity index (χ1n) is 5.89. The van der Waals surface area contributed by atoms with Gasteiger partial charge in [0.1, 0.15) is 16.9 Å². The van der Waals surface area contributed by atoms with Crippen LogP contribution in [0, 0.1) is 6.92 Å². The number of methoxy groups -OCH3 is 1. The van der Waals surface area contributed by atoms with Crippen molar-refractivity contribution in [2.45, 2.75) is 13.1 Å². The number of nitrogens with zero attached hydrogens (tertiary/aromatic N) is 4. The van der Waals surface area contributed by atoms with Crippen molar-refractivity contribution in [2.24, 2.45) is 0 Å². The van der Waals surface area contributed by atoms with E-state index in [1.807, 2.05) is 0 Å². The van der Waals surface area contributed by atoms with Gasteiger partial charge in [0.15, 0.2) is 17.2 Å². The standard InChI is InChI=1S/C12H10F3N5O/c1-5-17-9(12(13,14)15)8-10(16)18-6-3-4-7(21-2)19-11(6)20(5)8/h3-4H,1-2H3,(H2,16,18). The molecule has 0 radical (unpaired) electrons. The van der Waals surface area contributed by atoms with Crippen LogP contribution in [0.5, 0.6) is 5.88 Å². The number of imidazole rings is 1. The maximum absolute atomic E-state index is 13.1. The van der Waals surface area contributed by atoms with Crippen molar-refractivity contribution in [3.8, 4) is 5.88 Å². The summed E-state index contributed by atoms with van der Waals surface area (Å²) in [5.41, 5.74) is 4.87. The molecule has 0 saturated carbocycles. The molecule has 0 amide bonds. The predicted octanol–water partition coefficient (Wildman–Crippen LogP) is 2.20. The maximum Gasteiger partial charge on any atom is 0.435 e. The van der Waals surface area contributed by atoms with Gasteiger partial charge in [0.25, 0.3) is 0 Å². The van der Waals surface area contributed by atoms with Gasteiger partial charge in [-0.1, -0.05) is 0 Å². The summed E-state index contributed by atoms with van der Waals surface area (Å²) in [6.07, 6.45) is -4.62. The van der Waals surface area contributed by atoms with Crippen molar-refractivity contribution in [3.05, 3.63) is 23.7 Å². The third kappa shape index (κ3) is 1.92. The Morgan fingerprint density at radius 2 is 1.90 bits per heavy atom. The number of rotatable bonds is 1. The Bertz CT molecular complexity index is 856. The molecule has 110 valence electrons. The second-order valence-corrected chi connectivity index (χ2v) is 4.38. The van der Waals surface area contributed by atoms with Crippen molar-refractivity contribution in [1.29, 1.82) is 0 Å². The molecular weight excluding hydrogens is 287 g/mol. The summed E-state index contributed by atoms with van der Waals surface area (Å²) >= 11 is 0. The Kier molecular flexibility index (Phi) is 2.68. The minimum absolute atomic E-state index is 0.122. The lowest BCUT2D eigenvalue weighted by Crippen LogP contribution is -2.08. The second kappa shape index (κ2) is 4.21. The van der Waals surface area contributed by atoms with Crippen LogP contribution >= 0.6 is 0 Å². The molecule has 3 aromatic rings. The van der Waals surface area contributed by atoms with Gasteiger partial charge in [0.2, 0.25) is 5.88 Å². The summed E-state index contributed by atoms with van der Waals surface area (Å²) < 4.78 is 45.4. The normalized spacial score (nSPS) is 12.2. The van der Waals surface area contributed by atoms with E-state index in [2.05, 4.69) is 15.0 Å². The second-order valence-electron chi connectivity index (χ2n) is 4.38. The third-order valence-electron chi connectivity index (χ3n) is 3.05. The molecule has 0 fully saturated rings. The van der Waals surface area contributed by atoms with Crippen LogP contribution < -0.4 is 10.5 Å². The zero-order valence-corrected chi connectivity index (χ0v) is 11.1. The van der Waals surface area contributed by atoms with Crippen LogP contribution in [0.15, 0.2) is 12.1 Å². The van der Waals surface area contributed by atoms with Gasteiger partial charge >= 0.3 is 6.18 Å². The van der Waals surface area contributed by atoms with Crippen LogP contribution in [0.2, 0.25) is 0 Å². The SMILES string of the molecule is COc1ccc2nc(N)c3c(C(F)(F)F)nc(C)n3c2n1. The molecule has 0 spiro atoms. The van der Waals surface area contributed by atoms with E-state index in [0.29, 0.717) is 5.52 Å². The Labute approximate surface area is 116 Å². The van der Waals surface area contributed by atoms with Crippen molar-refractivity contribution >= 4 is 22.5 Å². The highest BCUT2D eigenvalue weighted by Crippen LogP contribution is 2.35. The number of pyridine rings is 1. The molecule has 0 atom stereocenters. The number of ether oxygens (including phenoxy) is 1. The summed E-state index contributed by atoms with van der Waals surface area (Å²) in [5.74, 6) is 0.136. The number of aryl methyl sites for hydroxylation is 1. The predicted molar refractivity (Wildman–Crippen MR) is 69.0 cm³/mol. The van der Waals surface area contributed by atoms with Gasteiger partial charge in [-0.25, -0.2) is 9.97 Å². The average molecular weight is 297 g/mol. The van der Waals surface area contributed by atoms with E-state index < -0.39 is 11.9 Å². The first-order chi connectivity index (χ1) is 9.82. The van der Waals surface area contributed by atoms with Crippen molar-refractivity contribution in [2.75, 3.05) is 12.8 Å². The highest BCUT2D eigenvalue weighted by Gasteiger charge is 2.38. The van der Waals surface area contributed by atoms with Crippen LogP contribution in [0.1, 0.15) is 11.5 Å². The highest BCUT2D eigenvalue weighted by atomic mass is 19.4. The Morgan fingerprint density at radius 3 is 2.52 bits per heavy atom. The van der Waals surface area contributed by atoms with E-state index in [0.717, 1.165) is 0 Å². The number of anilines is 1. The molecule has 2 N–H and O–H groups in total. The number of halogens is 3. The van der Waals surface area contributed by atoms with Gasteiger partial charge < -0.3 is 10.5 Å². The highest BCUT2D eigenvalue weighted by molar-refractivity contribution is 5.83. The van der Waals surface area contributed by atoms with Gasteiger partial charge in [0.05, 0.1) is 7.11 Å². The number of alkyl halides is 3. The number of hydrogen-bond donors (Lipinski definition) is 1. The van der Waals surface area contributed by atoms with E-state index in [9.17, 15) is 13.2 Å².